The van der Waals surface area contributed by atoms with Gasteiger partial charge in [0.1, 0.15) is 6.04 Å². The molecule has 142 valence electrons. The van der Waals surface area contributed by atoms with Crippen molar-refractivity contribution in [2.75, 3.05) is 0 Å². The van der Waals surface area contributed by atoms with Gasteiger partial charge in [-0.2, -0.15) is 0 Å². The first kappa shape index (κ1) is 19.6. The lowest BCUT2D eigenvalue weighted by Crippen LogP contribution is -2.47. The van der Waals surface area contributed by atoms with Gasteiger partial charge in [-0.3, -0.25) is 9.59 Å². The largest absolute Gasteiger partial charge is 0.368 e. The lowest BCUT2D eigenvalue weighted by atomic mass is 9.90. The first-order valence-electron chi connectivity index (χ1n) is 8.98. The van der Waals surface area contributed by atoms with Gasteiger partial charge >= 0.3 is 0 Å². The fourth-order valence-corrected chi connectivity index (χ4v) is 3.25. The van der Waals surface area contributed by atoms with E-state index in [4.69, 9.17) is 17.3 Å². The van der Waals surface area contributed by atoms with Crippen molar-refractivity contribution in [2.45, 2.75) is 18.4 Å². The quantitative estimate of drug-likeness (QED) is 0.643. The van der Waals surface area contributed by atoms with Crippen LogP contribution in [0.25, 0.3) is 0 Å². The molecule has 5 heteroatoms. The van der Waals surface area contributed by atoms with Crippen LogP contribution in [0, 0.1) is 0 Å². The van der Waals surface area contributed by atoms with Crippen molar-refractivity contribution in [1.82, 2.24) is 5.32 Å². The van der Waals surface area contributed by atoms with Gasteiger partial charge in [0, 0.05) is 11.4 Å². The molecule has 1 atom stereocenters. The summed E-state index contributed by atoms with van der Waals surface area (Å²) < 4.78 is 0. The molecule has 0 spiro atoms. The summed E-state index contributed by atoms with van der Waals surface area (Å²) in [5, 5.41) is 3.44. The van der Waals surface area contributed by atoms with Gasteiger partial charge in [-0.15, -0.1) is 0 Å². The van der Waals surface area contributed by atoms with E-state index in [9.17, 15) is 9.59 Å². The fraction of sp³-hybridized carbons (Fsp3) is 0.130. The fourth-order valence-electron chi connectivity index (χ4n) is 3.12. The third kappa shape index (κ3) is 4.99. The molecule has 3 aromatic rings. The number of benzene rings is 3. The number of carbonyl (C=O) groups excluding carboxylic acids is 2. The van der Waals surface area contributed by atoms with Gasteiger partial charge in [0.15, 0.2) is 0 Å². The Kier molecular flexibility index (Phi) is 6.45. The number of hydrogen-bond acceptors (Lipinski definition) is 2. The number of nitrogens with one attached hydrogen (secondary N) is 1. The Bertz CT molecular complexity index is 888. The van der Waals surface area contributed by atoms with Crippen LogP contribution < -0.4 is 11.1 Å². The molecular formula is C23H21ClN2O2. The predicted molar refractivity (Wildman–Crippen MR) is 111 cm³/mol. The summed E-state index contributed by atoms with van der Waals surface area (Å²) in [6.45, 7) is 0. The minimum Gasteiger partial charge on any atom is -0.368 e. The molecule has 0 aliphatic heterocycles. The van der Waals surface area contributed by atoms with E-state index in [1.807, 2.05) is 72.8 Å². The number of amides is 2. The van der Waals surface area contributed by atoms with Gasteiger partial charge in [-0.25, -0.2) is 0 Å². The number of primary amides is 1. The number of halogens is 1. The van der Waals surface area contributed by atoms with Gasteiger partial charge < -0.3 is 11.1 Å². The number of nitrogens with two attached hydrogens (primary N) is 1. The third-order valence-electron chi connectivity index (χ3n) is 4.54. The molecule has 3 N–H and O–H groups in total. The highest BCUT2D eigenvalue weighted by Crippen LogP contribution is 2.25. The molecular weight excluding hydrogens is 372 g/mol. The summed E-state index contributed by atoms with van der Waals surface area (Å²) in [6.07, 6.45) is 0.300. The summed E-state index contributed by atoms with van der Waals surface area (Å²) in [6, 6.07) is 25.2. The van der Waals surface area contributed by atoms with E-state index in [1.54, 1.807) is 12.1 Å². The average molecular weight is 393 g/mol. The molecule has 28 heavy (non-hydrogen) atoms. The van der Waals surface area contributed by atoms with Crippen LogP contribution in [0.3, 0.4) is 0 Å². The van der Waals surface area contributed by atoms with Gasteiger partial charge in [-0.05, 0) is 28.8 Å². The Morgan fingerprint density at radius 2 is 1.32 bits per heavy atom. The van der Waals surface area contributed by atoms with Crippen molar-refractivity contribution >= 4 is 23.4 Å². The molecule has 0 aliphatic rings. The van der Waals surface area contributed by atoms with Gasteiger partial charge in [-0.1, -0.05) is 84.4 Å². The molecule has 2 amide bonds. The van der Waals surface area contributed by atoms with E-state index in [1.165, 1.54) is 0 Å². The van der Waals surface area contributed by atoms with E-state index in [0.29, 0.717) is 11.4 Å². The number of rotatable bonds is 7. The second-order valence-corrected chi connectivity index (χ2v) is 6.98. The third-order valence-corrected chi connectivity index (χ3v) is 4.79. The molecule has 4 nitrogen and oxygen atoms in total. The van der Waals surface area contributed by atoms with Crippen molar-refractivity contribution < 1.29 is 9.59 Å². The van der Waals surface area contributed by atoms with Crippen LogP contribution in [-0.2, 0) is 16.0 Å². The summed E-state index contributed by atoms with van der Waals surface area (Å²) in [4.78, 5) is 25.1. The standard InChI is InChI=1S/C23H21ClN2O2/c24-19-13-11-16(12-14-19)15-20(22(25)27)26-23(28)21(17-7-3-1-4-8-17)18-9-5-2-6-10-18/h1-14,20-21H,15H2,(H2,25,27)(H,26,28)/t20-/m0/s1. The molecule has 0 bridgehead atoms. The SMILES string of the molecule is NC(=O)[C@H](Cc1ccc(Cl)cc1)NC(=O)C(c1ccccc1)c1ccccc1. The Balaban J connectivity index is 1.85. The average Bonchev–Trinajstić information content (AvgIpc) is 2.71. The van der Waals surface area contributed by atoms with Crippen LogP contribution >= 0.6 is 11.6 Å². The molecule has 0 radical (unpaired) electrons. The molecule has 0 saturated heterocycles. The summed E-state index contributed by atoms with van der Waals surface area (Å²) in [5.41, 5.74) is 8.12. The molecule has 0 aliphatic carbocycles. The molecule has 0 fully saturated rings. The van der Waals surface area contributed by atoms with Gasteiger partial charge in [0.05, 0.1) is 5.92 Å². The maximum atomic E-state index is 13.2. The molecule has 0 unspecified atom stereocenters. The van der Waals surface area contributed by atoms with Crippen LogP contribution in [0.15, 0.2) is 84.9 Å². The van der Waals surface area contributed by atoms with E-state index in [-0.39, 0.29) is 5.91 Å². The zero-order valence-electron chi connectivity index (χ0n) is 15.2. The van der Waals surface area contributed by atoms with E-state index < -0.39 is 17.9 Å². The summed E-state index contributed by atoms with van der Waals surface area (Å²) in [5.74, 6) is -1.38. The maximum Gasteiger partial charge on any atom is 0.240 e. The topological polar surface area (TPSA) is 72.2 Å². The normalized spacial score (nSPS) is 11.8. The predicted octanol–water partition coefficient (Wildman–Crippen LogP) is 3.68. The second-order valence-electron chi connectivity index (χ2n) is 6.55. The second kappa shape index (κ2) is 9.20. The van der Waals surface area contributed by atoms with Crippen molar-refractivity contribution in [3.63, 3.8) is 0 Å². The number of hydrogen-bond donors (Lipinski definition) is 2. The summed E-state index contributed by atoms with van der Waals surface area (Å²) >= 11 is 5.91. The Hall–Kier alpha value is -3.11. The number of carbonyl (C=O) groups is 2. The van der Waals surface area contributed by atoms with E-state index in [2.05, 4.69) is 5.32 Å². The lowest BCUT2D eigenvalue weighted by Gasteiger charge is -2.22. The zero-order valence-corrected chi connectivity index (χ0v) is 16.0. The highest BCUT2D eigenvalue weighted by molar-refractivity contribution is 6.30. The Morgan fingerprint density at radius 1 is 0.821 bits per heavy atom. The highest BCUT2D eigenvalue weighted by atomic mass is 35.5. The van der Waals surface area contributed by atoms with Gasteiger partial charge in [0.2, 0.25) is 11.8 Å². The minimum atomic E-state index is -0.816. The Labute approximate surface area is 169 Å². The van der Waals surface area contributed by atoms with Crippen molar-refractivity contribution in [3.8, 4) is 0 Å². The monoisotopic (exact) mass is 392 g/mol. The van der Waals surface area contributed by atoms with Gasteiger partial charge in [0.25, 0.3) is 0 Å². The maximum absolute atomic E-state index is 13.2. The smallest absolute Gasteiger partial charge is 0.240 e. The summed E-state index contributed by atoms with van der Waals surface area (Å²) in [7, 11) is 0. The minimum absolute atomic E-state index is 0.268. The van der Waals surface area contributed by atoms with Crippen LogP contribution in [-0.4, -0.2) is 17.9 Å². The van der Waals surface area contributed by atoms with Crippen molar-refractivity contribution in [3.05, 3.63) is 107 Å². The zero-order chi connectivity index (χ0) is 19.9. The Morgan fingerprint density at radius 3 is 1.79 bits per heavy atom. The molecule has 0 heterocycles. The first-order chi connectivity index (χ1) is 13.5. The van der Waals surface area contributed by atoms with Crippen molar-refractivity contribution in [1.29, 1.82) is 0 Å². The highest BCUT2D eigenvalue weighted by Gasteiger charge is 2.27. The van der Waals surface area contributed by atoms with Crippen LogP contribution in [0.2, 0.25) is 5.02 Å². The van der Waals surface area contributed by atoms with E-state index >= 15 is 0 Å². The van der Waals surface area contributed by atoms with Crippen LogP contribution in [0.5, 0.6) is 0 Å². The van der Waals surface area contributed by atoms with E-state index in [0.717, 1.165) is 16.7 Å². The molecule has 3 aromatic carbocycles. The first-order valence-corrected chi connectivity index (χ1v) is 9.36. The lowest BCUT2D eigenvalue weighted by molar-refractivity contribution is -0.127. The van der Waals surface area contributed by atoms with Crippen molar-refractivity contribution in [2.24, 2.45) is 5.73 Å². The van der Waals surface area contributed by atoms with Crippen LogP contribution in [0.4, 0.5) is 0 Å². The van der Waals surface area contributed by atoms with Crippen LogP contribution in [0.1, 0.15) is 22.6 Å². The molecule has 0 aromatic heterocycles. The molecule has 3 rings (SSSR count). The molecule has 0 saturated carbocycles.